The van der Waals surface area contributed by atoms with Crippen molar-refractivity contribution >= 4 is 40.0 Å². The van der Waals surface area contributed by atoms with E-state index in [1.165, 1.54) is 11.8 Å². The molecular formula is C19H16ClN3S. The predicted molar refractivity (Wildman–Crippen MR) is 102 cm³/mol. The summed E-state index contributed by atoms with van der Waals surface area (Å²) in [7, 11) is 0. The van der Waals surface area contributed by atoms with Gasteiger partial charge in [-0.15, -0.1) is 11.8 Å². The molecule has 0 aliphatic rings. The minimum Gasteiger partial charge on any atom is -0.383 e. The third kappa shape index (κ3) is 3.48. The van der Waals surface area contributed by atoms with Crippen molar-refractivity contribution in [2.75, 3.05) is 18.1 Å². The highest BCUT2D eigenvalue weighted by atomic mass is 35.5. The smallest absolute Gasteiger partial charge is 0.116 e. The Kier molecular flexibility index (Phi) is 5.24. The molecule has 0 fully saturated rings. The molecule has 0 unspecified atom stereocenters. The van der Waals surface area contributed by atoms with E-state index < -0.39 is 0 Å². The number of halogens is 1. The standard InChI is InChI=1S/C19H16ClN3S/c1-24-19-16(12-21)18(15-7-2-3-8-17(15)23-19)22-10-9-13-5-4-6-14(20)11-13/h2-8,11H,9-10H2,1H3,(H,22,23). The summed E-state index contributed by atoms with van der Waals surface area (Å²) in [4.78, 5) is 4.59. The minimum absolute atomic E-state index is 0.604. The maximum atomic E-state index is 9.58. The van der Waals surface area contributed by atoms with Gasteiger partial charge < -0.3 is 5.32 Å². The molecule has 0 aliphatic carbocycles. The number of fused-ring (bicyclic) bond motifs is 1. The third-order valence-corrected chi connectivity index (χ3v) is 4.69. The molecule has 0 bridgehead atoms. The Balaban J connectivity index is 1.91. The van der Waals surface area contributed by atoms with Crippen molar-refractivity contribution in [1.29, 1.82) is 5.26 Å². The zero-order chi connectivity index (χ0) is 16.9. The molecule has 1 aromatic heterocycles. The molecule has 0 spiro atoms. The predicted octanol–water partition coefficient (Wildman–Crippen LogP) is 5.14. The Morgan fingerprint density at radius 2 is 2.04 bits per heavy atom. The zero-order valence-corrected chi connectivity index (χ0v) is 14.8. The summed E-state index contributed by atoms with van der Waals surface area (Å²) < 4.78 is 0. The van der Waals surface area contributed by atoms with Gasteiger partial charge in [0.1, 0.15) is 16.7 Å². The van der Waals surface area contributed by atoms with Gasteiger partial charge >= 0.3 is 0 Å². The first kappa shape index (κ1) is 16.6. The van der Waals surface area contributed by atoms with E-state index in [4.69, 9.17) is 11.6 Å². The van der Waals surface area contributed by atoms with Crippen molar-refractivity contribution < 1.29 is 0 Å². The topological polar surface area (TPSA) is 48.7 Å². The molecule has 120 valence electrons. The summed E-state index contributed by atoms with van der Waals surface area (Å²) in [5.41, 5.74) is 3.52. The van der Waals surface area contributed by atoms with Gasteiger partial charge in [-0.25, -0.2) is 4.98 Å². The molecule has 0 aliphatic heterocycles. The summed E-state index contributed by atoms with van der Waals surface area (Å²) in [5.74, 6) is 0. The fourth-order valence-electron chi connectivity index (χ4n) is 2.65. The number of benzene rings is 2. The normalized spacial score (nSPS) is 10.5. The highest BCUT2D eigenvalue weighted by molar-refractivity contribution is 7.98. The van der Waals surface area contributed by atoms with Crippen molar-refractivity contribution in [2.45, 2.75) is 11.4 Å². The number of aromatic nitrogens is 1. The molecule has 0 atom stereocenters. The van der Waals surface area contributed by atoms with Crippen LogP contribution in [-0.2, 0) is 6.42 Å². The Hall–Kier alpha value is -2.22. The van der Waals surface area contributed by atoms with Gasteiger partial charge in [0.25, 0.3) is 0 Å². The van der Waals surface area contributed by atoms with Crippen LogP contribution in [0.15, 0.2) is 53.6 Å². The van der Waals surface area contributed by atoms with Crippen molar-refractivity contribution in [3.05, 3.63) is 64.7 Å². The van der Waals surface area contributed by atoms with E-state index in [1.807, 2.05) is 48.7 Å². The van der Waals surface area contributed by atoms with Crippen LogP contribution < -0.4 is 5.32 Å². The number of hydrogen-bond donors (Lipinski definition) is 1. The van der Waals surface area contributed by atoms with Gasteiger partial charge in [0.15, 0.2) is 0 Å². The van der Waals surface area contributed by atoms with Crippen molar-refractivity contribution in [3.63, 3.8) is 0 Å². The van der Waals surface area contributed by atoms with Gasteiger partial charge in [-0.2, -0.15) is 5.26 Å². The number of nitriles is 1. The molecule has 0 amide bonds. The molecule has 3 rings (SSSR count). The lowest BCUT2D eigenvalue weighted by molar-refractivity contribution is 1.02. The number of anilines is 1. The number of hydrogen-bond acceptors (Lipinski definition) is 4. The Morgan fingerprint density at radius 1 is 1.21 bits per heavy atom. The van der Waals surface area contributed by atoms with Crippen LogP contribution in [0, 0.1) is 11.3 Å². The summed E-state index contributed by atoms with van der Waals surface area (Å²) in [6, 6.07) is 18.0. The largest absolute Gasteiger partial charge is 0.383 e. The number of thioether (sulfide) groups is 1. The molecule has 0 saturated heterocycles. The maximum absolute atomic E-state index is 9.58. The van der Waals surface area contributed by atoms with Gasteiger partial charge in [0.2, 0.25) is 0 Å². The fraction of sp³-hybridized carbons (Fsp3) is 0.158. The van der Waals surface area contributed by atoms with E-state index in [-0.39, 0.29) is 0 Å². The van der Waals surface area contributed by atoms with Gasteiger partial charge in [-0.05, 0) is 36.4 Å². The van der Waals surface area contributed by atoms with Crippen LogP contribution >= 0.6 is 23.4 Å². The first-order valence-corrected chi connectivity index (χ1v) is 9.18. The number of nitrogens with one attached hydrogen (secondary N) is 1. The van der Waals surface area contributed by atoms with Crippen LogP contribution in [0.5, 0.6) is 0 Å². The minimum atomic E-state index is 0.604. The summed E-state index contributed by atoms with van der Waals surface area (Å²) >= 11 is 7.52. The van der Waals surface area contributed by atoms with Crippen LogP contribution in [-0.4, -0.2) is 17.8 Å². The average molecular weight is 354 g/mol. The maximum Gasteiger partial charge on any atom is 0.116 e. The first-order valence-electron chi connectivity index (χ1n) is 7.58. The molecule has 1 heterocycles. The van der Waals surface area contributed by atoms with Gasteiger partial charge in [0, 0.05) is 17.0 Å². The van der Waals surface area contributed by atoms with E-state index in [9.17, 15) is 5.26 Å². The van der Waals surface area contributed by atoms with Gasteiger partial charge in [0.05, 0.1) is 11.2 Å². The Bertz CT molecular complexity index is 918. The van der Waals surface area contributed by atoms with Crippen LogP contribution in [0.3, 0.4) is 0 Å². The van der Waals surface area contributed by atoms with Gasteiger partial charge in [-0.1, -0.05) is 41.9 Å². The van der Waals surface area contributed by atoms with Crippen LogP contribution in [0.2, 0.25) is 5.02 Å². The molecule has 0 radical (unpaired) electrons. The Labute approximate surface area is 150 Å². The second-order valence-electron chi connectivity index (χ2n) is 5.31. The van der Waals surface area contributed by atoms with Crippen molar-refractivity contribution in [1.82, 2.24) is 4.98 Å². The Morgan fingerprint density at radius 3 is 2.79 bits per heavy atom. The quantitative estimate of drug-likeness (QED) is 0.645. The molecule has 3 aromatic rings. The first-order chi connectivity index (χ1) is 11.7. The van der Waals surface area contributed by atoms with E-state index in [0.29, 0.717) is 5.56 Å². The lowest BCUT2D eigenvalue weighted by atomic mass is 10.1. The van der Waals surface area contributed by atoms with Crippen molar-refractivity contribution in [2.24, 2.45) is 0 Å². The van der Waals surface area contributed by atoms with E-state index in [0.717, 1.165) is 45.2 Å². The lowest BCUT2D eigenvalue weighted by Gasteiger charge is -2.14. The van der Waals surface area contributed by atoms with E-state index >= 15 is 0 Å². The monoisotopic (exact) mass is 353 g/mol. The second-order valence-corrected chi connectivity index (χ2v) is 6.54. The molecule has 5 heteroatoms. The highest BCUT2D eigenvalue weighted by Gasteiger charge is 2.14. The van der Waals surface area contributed by atoms with Crippen LogP contribution in [0.1, 0.15) is 11.1 Å². The van der Waals surface area contributed by atoms with E-state index in [2.05, 4.69) is 22.4 Å². The molecule has 0 saturated carbocycles. The lowest BCUT2D eigenvalue weighted by Crippen LogP contribution is -2.08. The molecule has 2 aromatic carbocycles. The number of nitrogens with zero attached hydrogens (tertiary/aromatic N) is 2. The summed E-state index contributed by atoms with van der Waals surface area (Å²) in [6.45, 7) is 0.719. The van der Waals surface area contributed by atoms with Crippen LogP contribution in [0.4, 0.5) is 5.69 Å². The zero-order valence-electron chi connectivity index (χ0n) is 13.2. The third-order valence-electron chi connectivity index (χ3n) is 3.77. The number of pyridine rings is 1. The number of para-hydroxylation sites is 1. The highest BCUT2D eigenvalue weighted by Crippen LogP contribution is 2.32. The van der Waals surface area contributed by atoms with Crippen LogP contribution in [0.25, 0.3) is 10.9 Å². The average Bonchev–Trinajstić information content (AvgIpc) is 2.61. The SMILES string of the molecule is CSc1nc2ccccc2c(NCCc2cccc(Cl)c2)c1C#N. The summed E-state index contributed by atoms with van der Waals surface area (Å²) in [5, 5.41) is 15.5. The van der Waals surface area contributed by atoms with Gasteiger partial charge in [-0.3, -0.25) is 0 Å². The molecule has 24 heavy (non-hydrogen) atoms. The number of rotatable bonds is 5. The molecule has 3 nitrogen and oxygen atoms in total. The molecular weight excluding hydrogens is 338 g/mol. The summed E-state index contributed by atoms with van der Waals surface area (Å²) in [6.07, 6.45) is 2.77. The second kappa shape index (κ2) is 7.57. The fourth-order valence-corrected chi connectivity index (χ4v) is 3.40. The molecule has 1 N–H and O–H groups in total. The van der Waals surface area contributed by atoms with E-state index in [1.54, 1.807) is 0 Å². The van der Waals surface area contributed by atoms with Crippen molar-refractivity contribution in [3.8, 4) is 6.07 Å².